The van der Waals surface area contributed by atoms with Gasteiger partial charge in [0.2, 0.25) is 0 Å². The number of carbonyl (C=O) groups is 2. The summed E-state index contributed by atoms with van der Waals surface area (Å²) in [4.78, 5) is 34.2. The third-order valence-corrected chi connectivity index (χ3v) is 3.61. The lowest BCUT2D eigenvalue weighted by Gasteiger charge is -2.10. The van der Waals surface area contributed by atoms with E-state index in [1.165, 1.54) is 20.1 Å². The zero-order chi connectivity index (χ0) is 21.8. The van der Waals surface area contributed by atoms with E-state index < -0.39 is 40.8 Å². The Kier molecular flexibility index (Phi) is 6.46. The Morgan fingerprint density at radius 3 is 2.52 bits per heavy atom. The highest BCUT2D eigenvalue weighted by Gasteiger charge is 2.29. The summed E-state index contributed by atoms with van der Waals surface area (Å²) in [6, 6.07) is 4.00. The van der Waals surface area contributed by atoms with Gasteiger partial charge >= 0.3 is 12.1 Å². The van der Waals surface area contributed by atoms with Gasteiger partial charge in [0.15, 0.2) is 6.61 Å². The summed E-state index contributed by atoms with van der Waals surface area (Å²) in [5.41, 5.74) is -0.968. The Labute approximate surface area is 161 Å². The van der Waals surface area contributed by atoms with Crippen LogP contribution in [0.15, 0.2) is 28.7 Å². The van der Waals surface area contributed by atoms with Crippen molar-refractivity contribution in [3.05, 3.63) is 57.0 Å². The predicted octanol–water partition coefficient (Wildman–Crippen LogP) is 3.15. The van der Waals surface area contributed by atoms with Crippen molar-refractivity contribution in [3.8, 4) is 5.75 Å². The molecule has 0 saturated heterocycles. The second kappa shape index (κ2) is 8.63. The van der Waals surface area contributed by atoms with Crippen LogP contribution in [-0.4, -0.2) is 36.7 Å². The fraction of sp³-hybridized carbons (Fsp3) is 0.294. The van der Waals surface area contributed by atoms with Crippen LogP contribution < -0.4 is 10.1 Å². The zero-order valence-electron chi connectivity index (χ0n) is 15.2. The van der Waals surface area contributed by atoms with Crippen LogP contribution in [0.5, 0.6) is 5.75 Å². The topological polar surface area (TPSA) is 121 Å². The number of halogens is 3. The molecule has 0 atom stereocenters. The van der Waals surface area contributed by atoms with Gasteiger partial charge in [-0.25, -0.2) is 4.79 Å². The number of nitro benzene ring substituents is 1. The molecule has 0 aliphatic rings. The number of alkyl halides is 3. The summed E-state index contributed by atoms with van der Waals surface area (Å²) in [7, 11) is 1.18. The van der Waals surface area contributed by atoms with Crippen LogP contribution in [0.3, 0.4) is 0 Å². The molecule has 29 heavy (non-hydrogen) atoms. The van der Waals surface area contributed by atoms with Gasteiger partial charge in [0.25, 0.3) is 11.6 Å². The molecule has 12 heteroatoms. The van der Waals surface area contributed by atoms with Gasteiger partial charge < -0.3 is 19.2 Å². The first-order valence-electron chi connectivity index (χ1n) is 7.95. The van der Waals surface area contributed by atoms with E-state index in [4.69, 9.17) is 4.42 Å². The number of ether oxygens (including phenoxy) is 2. The Morgan fingerprint density at radius 1 is 1.24 bits per heavy atom. The number of nitro groups is 1. The van der Waals surface area contributed by atoms with Crippen LogP contribution in [0.25, 0.3) is 0 Å². The molecule has 0 fully saturated rings. The summed E-state index contributed by atoms with van der Waals surface area (Å²) in [5.74, 6) is -1.53. The number of hydrogen-bond acceptors (Lipinski definition) is 7. The quantitative estimate of drug-likeness (QED) is 0.418. The number of aryl methyl sites for hydroxylation is 1. The van der Waals surface area contributed by atoms with E-state index in [0.29, 0.717) is 0 Å². The van der Waals surface area contributed by atoms with E-state index in [1.807, 2.05) is 0 Å². The van der Waals surface area contributed by atoms with Gasteiger partial charge in [-0.3, -0.25) is 14.9 Å². The number of furan rings is 1. The molecule has 1 amide bonds. The van der Waals surface area contributed by atoms with Gasteiger partial charge in [-0.05, 0) is 25.1 Å². The molecule has 0 radical (unpaired) electrons. The summed E-state index contributed by atoms with van der Waals surface area (Å²) in [5, 5.41) is 13.5. The van der Waals surface area contributed by atoms with Crippen LogP contribution in [0.2, 0.25) is 0 Å². The van der Waals surface area contributed by atoms with Crippen molar-refractivity contribution in [1.82, 2.24) is 5.32 Å². The molecule has 9 nitrogen and oxygen atoms in total. The Bertz CT molecular complexity index is 938. The minimum absolute atomic E-state index is 0.144. The molecule has 1 heterocycles. The standard InChI is InChI=1S/C17H15F3N2O7/c1-9-12(16(24)27-2)6-11(29-9)7-21-15(23)13-5-10(28-8-17(18,19)20)3-4-14(13)22(25)26/h3-6H,7-8H2,1-2H3,(H,21,23). The zero-order valence-corrected chi connectivity index (χ0v) is 15.2. The molecule has 0 aliphatic heterocycles. The average molecular weight is 416 g/mol. The minimum atomic E-state index is -4.61. The van der Waals surface area contributed by atoms with Gasteiger partial charge in [-0.1, -0.05) is 0 Å². The van der Waals surface area contributed by atoms with Gasteiger partial charge in [0, 0.05) is 6.07 Å². The van der Waals surface area contributed by atoms with Crippen molar-refractivity contribution < 1.29 is 41.6 Å². The van der Waals surface area contributed by atoms with Crippen LogP contribution in [0, 0.1) is 17.0 Å². The van der Waals surface area contributed by atoms with Crippen LogP contribution >= 0.6 is 0 Å². The second-order valence-electron chi connectivity index (χ2n) is 5.70. The number of rotatable bonds is 7. The van der Waals surface area contributed by atoms with E-state index in [1.54, 1.807) is 0 Å². The monoisotopic (exact) mass is 416 g/mol. The van der Waals surface area contributed by atoms with Crippen molar-refractivity contribution in [3.63, 3.8) is 0 Å². The maximum absolute atomic E-state index is 12.4. The fourth-order valence-electron chi connectivity index (χ4n) is 2.32. The van der Waals surface area contributed by atoms with Crippen molar-refractivity contribution in [2.45, 2.75) is 19.6 Å². The molecule has 2 rings (SSSR count). The lowest BCUT2D eigenvalue weighted by molar-refractivity contribution is -0.385. The largest absolute Gasteiger partial charge is 0.484 e. The van der Waals surface area contributed by atoms with E-state index in [0.717, 1.165) is 18.2 Å². The van der Waals surface area contributed by atoms with Crippen LogP contribution in [0.1, 0.15) is 32.2 Å². The first-order valence-corrected chi connectivity index (χ1v) is 7.95. The molecule has 1 aromatic carbocycles. The van der Waals surface area contributed by atoms with Gasteiger partial charge in [0.05, 0.1) is 18.6 Å². The van der Waals surface area contributed by atoms with Gasteiger partial charge in [-0.2, -0.15) is 13.2 Å². The first-order chi connectivity index (χ1) is 13.5. The molecular weight excluding hydrogens is 401 g/mol. The number of hydrogen-bond donors (Lipinski definition) is 1. The van der Waals surface area contributed by atoms with Crippen molar-refractivity contribution in [1.29, 1.82) is 0 Å². The Hall–Kier alpha value is -3.57. The average Bonchev–Trinajstić information content (AvgIpc) is 3.03. The first kappa shape index (κ1) is 21.7. The number of esters is 1. The third kappa shape index (κ3) is 5.70. The van der Waals surface area contributed by atoms with Crippen molar-refractivity contribution >= 4 is 17.6 Å². The number of methoxy groups -OCH3 is 1. The normalized spacial score (nSPS) is 11.1. The van der Waals surface area contributed by atoms with Crippen molar-refractivity contribution in [2.24, 2.45) is 0 Å². The summed E-state index contributed by atoms with van der Waals surface area (Å²) in [6.07, 6.45) is -4.61. The predicted molar refractivity (Wildman–Crippen MR) is 90.6 cm³/mol. The summed E-state index contributed by atoms with van der Waals surface area (Å²) in [6.45, 7) is -0.348. The summed E-state index contributed by atoms with van der Waals surface area (Å²) < 4.78 is 51.2. The van der Waals surface area contributed by atoms with E-state index in [9.17, 15) is 32.9 Å². The molecule has 1 aromatic heterocycles. The lowest BCUT2D eigenvalue weighted by atomic mass is 10.1. The molecular formula is C17H15F3N2O7. The second-order valence-corrected chi connectivity index (χ2v) is 5.70. The Balaban J connectivity index is 2.18. The van der Waals surface area contributed by atoms with Gasteiger partial charge in [-0.15, -0.1) is 0 Å². The molecule has 0 aliphatic carbocycles. The molecule has 1 N–H and O–H groups in total. The lowest BCUT2D eigenvalue weighted by Crippen LogP contribution is -2.24. The van der Waals surface area contributed by atoms with E-state index in [2.05, 4.69) is 14.8 Å². The fourth-order valence-corrected chi connectivity index (χ4v) is 2.32. The highest BCUT2D eigenvalue weighted by Crippen LogP contribution is 2.26. The van der Waals surface area contributed by atoms with Gasteiger partial charge in [0.1, 0.15) is 28.4 Å². The third-order valence-electron chi connectivity index (χ3n) is 3.61. The number of carbonyl (C=O) groups excluding carboxylic acids is 2. The number of benzene rings is 1. The molecule has 0 unspecified atom stereocenters. The number of nitrogens with zero attached hydrogens (tertiary/aromatic N) is 1. The highest BCUT2D eigenvalue weighted by atomic mass is 19.4. The molecule has 0 bridgehead atoms. The SMILES string of the molecule is COC(=O)c1cc(CNC(=O)c2cc(OCC(F)(F)F)ccc2[N+](=O)[O-])oc1C. The maximum Gasteiger partial charge on any atom is 0.422 e. The molecule has 0 saturated carbocycles. The molecule has 2 aromatic rings. The van der Waals surface area contributed by atoms with Crippen molar-refractivity contribution in [2.75, 3.05) is 13.7 Å². The van der Waals surface area contributed by atoms with E-state index in [-0.39, 0.29) is 29.4 Å². The van der Waals surface area contributed by atoms with Crippen LogP contribution in [-0.2, 0) is 11.3 Å². The molecule has 0 spiro atoms. The smallest absolute Gasteiger partial charge is 0.422 e. The highest BCUT2D eigenvalue weighted by molar-refractivity contribution is 5.98. The summed E-state index contributed by atoms with van der Waals surface area (Å²) >= 11 is 0. The number of amides is 1. The van der Waals surface area contributed by atoms with E-state index >= 15 is 0 Å². The minimum Gasteiger partial charge on any atom is -0.484 e. The maximum atomic E-state index is 12.4. The molecule has 156 valence electrons. The Morgan fingerprint density at radius 2 is 1.93 bits per heavy atom. The van der Waals surface area contributed by atoms with Crippen LogP contribution in [0.4, 0.5) is 18.9 Å². The number of nitrogens with one attached hydrogen (secondary N) is 1.